The Kier molecular flexibility index (Phi) is 7.81. The number of unbranched alkanes of at least 4 members (excludes halogenated alkanes) is 1. The molecular formula is C20H26N2O3S. The second-order valence-corrected chi connectivity index (χ2v) is 7.14. The Labute approximate surface area is 158 Å². The van der Waals surface area contributed by atoms with Crippen LogP contribution in [-0.2, 0) is 16.0 Å². The van der Waals surface area contributed by atoms with Crippen LogP contribution in [0.2, 0.25) is 0 Å². The first-order valence-corrected chi connectivity index (χ1v) is 9.70. The molecule has 2 rings (SSSR count). The van der Waals surface area contributed by atoms with E-state index in [4.69, 9.17) is 0 Å². The van der Waals surface area contributed by atoms with Crippen molar-refractivity contribution in [1.82, 2.24) is 10.6 Å². The number of aryl methyl sites for hydroxylation is 1. The zero-order chi connectivity index (χ0) is 18.9. The summed E-state index contributed by atoms with van der Waals surface area (Å²) >= 11 is 1.63. The van der Waals surface area contributed by atoms with E-state index in [1.165, 1.54) is 25.5 Å². The van der Waals surface area contributed by atoms with Crippen LogP contribution in [0.3, 0.4) is 0 Å². The predicted molar refractivity (Wildman–Crippen MR) is 104 cm³/mol. The van der Waals surface area contributed by atoms with Crippen molar-refractivity contribution in [2.45, 2.75) is 45.2 Å². The van der Waals surface area contributed by atoms with Crippen LogP contribution in [0.25, 0.3) is 0 Å². The lowest BCUT2D eigenvalue weighted by molar-refractivity contribution is -0.122. The number of alkyl carbamates (subject to hydrolysis) is 1. The van der Waals surface area contributed by atoms with Crippen molar-refractivity contribution in [1.29, 1.82) is 0 Å². The fourth-order valence-electron chi connectivity index (χ4n) is 2.64. The van der Waals surface area contributed by atoms with Crippen molar-refractivity contribution in [3.05, 3.63) is 57.8 Å². The number of ether oxygens (including phenoxy) is 1. The summed E-state index contributed by atoms with van der Waals surface area (Å²) in [5.74, 6) is -0.419. The molecule has 1 heterocycles. The summed E-state index contributed by atoms with van der Waals surface area (Å²) in [5, 5.41) is 7.54. The minimum Gasteiger partial charge on any atom is -0.453 e. The molecule has 0 spiro atoms. The van der Waals surface area contributed by atoms with Crippen LogP contribution in [0, 0.1) is 0 Å². The maximum absolute atomic E-state index is 12.2. The highest BCUT2D eigenvalue weighted by Crippen LogP contribution is 2.27. The summed E-state index contributed by atoms with van der Waals surface area (Å²) in [7, 11) is 1.23. The lowest BCUT2D eigenvalue weighted by Crippen LogP contribution is -2.45. The standard InChI is InChI=1S/C20H26N2O3S/c1-4-5-7-15-9-11-16(12-10-15)18(17-8-6-13-26-17)21-14(2)19(23)22-20(24)25-3/h6,8-14,18,21H,4-5,7H2,1-3H3,(H,22,23,24)/t14-,18-/m0/s1. The van der Waals surface area contributed by atoms with E-state index in [1.807, 2.05) is 17.5 Å². The maximum Gasteiger partial charge on any atom is 0.413 e. The number of methoxy groups -OCH3 is 1. The Morgan fingerprint density at radius 3 is 2.50 bits per heavy atom. The van der Waals surface area contributed by atoms with E-state index in [0.29, 0.717) is 0 Å². The van der Waals surface area contributed by atoms with Gasteiger partial charge in [0, 0.05) is 4.88 Å². The molecule has 2 atom stereocenters. The minimum absolute atomic E-state index is 0.117. The molecule has 1 aromatic heterocycles. The van der Waals surface area contributed by atoms with E-state index >= 15 is 0 Å². The number of carbonyl (C=O) groups is 2. The van der Waals surface area contributed by atoms with Gasteiger partial charge in [-0.2, -0.15) is 0 Å². The van der Waals surface area contributed by atoms with Crippen LogP contribution < -0.4 is 10.6 Å². The Balaban J connectivity index is 2.14. The number of nitrogens with one attached hydrogen (secondary N) is 2. The zero-order valence-electron chi connectivity index (χ0n) is 15.5. The molecule has 26 heavy (non-hydrogen) atoms. The van der Waals surface area contributed by atoms with Gasteiger partial charge in [0.25, 0.3) is 0 Å². The van der Waals surface area contributed by atoms with Gasteiger partial charge in [-0.15, -0.1) is 11.3 Å². The zero-order valence-corrected chi connectivity index (χ0v) is 16.3. The molecule has 2 aromatic rings. The number of rotatable bonds is 8. The number of thiophene rings is 1. The third-order valence-corrected chi connectivity index (χ3v) is 5.12. The first-order chi connectivity index (χ1) is 12.5. The van der Waals surface area contributed by atoms with Crippen molar-refractivity contribution < 1.29 is 14.3 Å². The normalized spacial score (nSPS) is 13.0. The van der Waals surface area contributed by atoms with Crippen molar-refractivity contribution >= 4 is 23.3 Å². The van der Waals surface area contributed by atoms with Crippen molar-refractivity contribution in [2.75, 3.05) is 7.11 Å². The quantitative estimate of drug-likeness (QED) is 0.732. The van der Waals surface area contributed by atoms with Gasteiger partial charge in [-0.3, -0.25) is 15.4 Å². The second kappa shape index (κ2) is 10.1. The van der Waals surface area contributed by atoms with Gasteiger partial charge in [0.15, 0.2) is 0 Å². The van der Waals surface area contributed by atoms with Crippen molar-refractivity contribution in [3.8, 4) is 0 Å². The molecule has 2 N–H and O–H groups in total. The SMILES string of the molecule is CCCCc1ccc([C@H](N[C@@H](C)C(=O)NC(=O)OC)c2cccs2)cc1. The molecular weight excluding hydrogens is 348 g/mol. The molecule has 5 nitrogen and oxygen atoms in total. The summed E-state index contributed by atoms with van der Waals surface area (Å²) < 4.78 is 4.48. The molecule has 0 fully saturated rings. The highest BCUT2D eigenvalue weighted by Gasteiger charge is 2.22. The molecule has 2 amide bonds. The van der Waals surface area contributed by atoms with E-state index < -0.39 is 18.0 Å². The van der Waals surface area contributed by atoms with E-state index in [1.54, 1.807) is 18.3 Å². The predicted octanol–water partition coefficient (Wildman–Crippen LogP) is 4.04. The first-order valence-electron chi connectivity index (χ1n) is 8.82. The summed E-state index contributed by atoms with van der Waals surface area (Å²) in [6, 6.07) is 11.9. The van der Waals surface area contributed by atoms with Crippen LogP contribution in [0.4, 0.5) is 4.79 Å². The van der Waals surface area contributed by atoms with Gasteiger partial charge in [0.1, 0.15) is 0 Å². The minimum atomic E-state index is -0.753. The Hall–Kier alpha value is -2.18. The Morgan fingerprint density at radius 2 is 1.92 bits per heavy atom. The number of benzene rings is 1. The summed E-state index contributed by atoms with van der Waals surface area (Å²) in [6.45, 7) is 3.92. The average molecular weight is 375 g/mol. The molecule has 140 valence electrons. The van der Waals surface area contributed by atoms with Crippen molar-refractivity contribution in [2.24, 2.45) is 0 Å². The topological polar surface area (TPSA) is 67.4 Å². The summed E-state index contributed by atoms with van der Waals surface area (Å²) in [4.78, 5) is 24.5. The van der Waals surface area contributed by atoms with Gasteiger partial charge < -0.3 is 4.74 Å². The lowest BCUT2D eigenvalue weighted by atomic mass is 10.0. The average Bonchev–Trinajstić information content (AvgIpc) is 3.19. The number of hydrogen-bond donors (Lipinski definition) is 2. The fraction of sp³-hybridized carbons (Fsp3) is 0.400. The fourth-order valence-corrected chi connectivity index (χ4v) is 3.45. The smallest absolute Gasteiger partial charge is 0.413 e. The molecule has 0 radical (unpaired) electrons. The molecule has 0 unspecified atom stereocenters. The number of imide groups is 1. The second-order valence-electron chi connectivity index (χ2n) is 6.16. The molecule has 0 saturated carbocycles. The van der Waals surface area contributed by atoms with Crippen LogP contribution in [-0.4, -0.2) is 25.2 Å². The van der Waals surface area contributed by atoms with Gasteiger partial charge in [-0.1, -0.05) is 43.7 Å². The summed E-state index contributed by atoms with van der Waals surface area (Å²) in [6.07, 6.45) is 2.67. The molecule has 1 aromatic carbocycles. The van der Waals surface area contributed by atoms with Gasteiger partial charge in [0.05, 0.1) is 19.2 Å². The van der Waals surface area contributed by atoms with E-state index in [9.17, 15) is 9.59 Å². The first kappa shape index (κ1) is 20.1. The largest absolute Gasteiger partial charge is 0.453 e. The van der Waals surface area contributed by atoms with Gasteiger partial charge in [-0.25, -0.2) is 4.79 Å². The number of hydrogen-bond acceptors (Lipinski definition) is 5. The third-order valence-electron chi connectivity index (χ3n) is 4.18. The molecule has 0 aliphatic heterocycles. The highest BCUT2D eigenvalue weighted by atomic mass is 32.1. The highest BCUT2D eigenvalue weighted by molar-refractivity contribution is 7.10. The van der Waals surface area contributed by atoms with E-state index in [2.05, 4.69) is 46.6 Å². The van der Waals surface area contributed by atoms with Gasteiger partial charge in [0.2, 0.25) is 5.91 Å². The molecule has 0 aliphatic carbocycles. The number of carbonyl (C=O) groups excluding carboxylic acids is 2. The molecule has 0 saturated heterocycles. The molecule has 0 aliphatic rings. The van der Waals surface area contributed by atoms with Crippen LogP contribution in [0.15, 0.2) is 41.8 Å². The molecule has 6 heteroatoms. The van der Waals surface area contributed by atoms with E-state index in [-0.39, 0.29) is 6.04 Å². The lowest BCUT2D eigenvalue weighted by Gasteiger charge is -2.22. The van der Waals surface area contributed by atoms with Gasteiger partial charge >= 0.3 is 6.09 Å². The summed E-state index contributed by atoms with van der Waals surface area (Å²) in [5.41, 5.74) is 2.41. The van der Waals surface area contributed by atoms with Gasteiger partial charge in [-0.05, 0) is 42.3 Å². The van der Waals surface area contributed by atoms with Crippen molar-refractivity contribution in [3.63, 3.8) is 0 Å². The monoisotopic (exact) mass is 374 g/mol. The number of amides is 2. The van der Waals surface area contributed by atoms with Crippen LogP contribution in [0.5, 0.6) is 0 Å². The third kappa shape index (κ3) is 5.68. The Bertz CT molecular complexity index is 698. The maximum atomic E-state index is 12.2. The molecule has 0 bridgehead atoms. The van der Waals surface area contributed by atoms with E-state index in [0.717, 1.165) is 16.9 Å². The van der Waals surface area contributed by atoms with Crippen LogP contribution in [0.1, 0.15) is 48.7 Å². The Morgan fingerprint density at radius 1 is 1.19 bits per heavy atom. The van der Waals surface area contributed by atoms with Crippen LogP contribution >= 0.6 is 11.3 Å².